The van der Waals surface area contributed by atoms with Gasteiger partial charge in [0.15, 0.2) is 5.82 Å². The van der Waals surface area contributed by atoms with E-state index < -0.39 is 0 Å². The SMILES string of the molecule is CCCCCCCC1CCC(c2cnc(-c3ccc(C4CCC(CCCCCC)CC4)cc3)nc2)CC1. The highest BCUT2D eigenvalue weighted by atomic mass is 14.9. The van der Waals surface area contributed by atoms with Gasteiger partial charge in [-0.25, -0.2) is 9.97 Å². The minimum atomic E-state index is 0.662. The van der Waals surface area contributed by atoms with Crippen molar-refractivity contribution in [1.29, 1.82) is 0 Å². The first-order valence-electron chi connectivity index (χ1n) is 16.2. The monoisotopic (exact) mass is 502 g/mol. The molecule has 1 aromatic heterocycles. The average molecular weight is 503 g/mol. The minimum absolute atomic E-state index is 0.662. The summed E-state index contributed by atoms with van der Waals surface area (Å²) in [5, 5.41) is 0. The van der Waals surface area contributed by atoms with Gasteiger partial charge in [-0.15, -0.1) is 0 Å². The maximum atomic E-state index is 4.80. The van der Waals surface area contributed by atoms with E-state index in [-0.39, 0.29) is 0 Å². The van der Waals surface area contributed by atoms with Crippen LogP contribution in [0.3, 0.4) is 0 Å². The Balaban J connectivity index is 1.20. The van der Waals surface area contributed by atoms with E-state index in [0.29, 0.717) is 5.92 Å². The van der Waals surface area contributed by atoms with Crippen molar-refractivity contribution in [1.82, 2.24) is 9.97 Å². The molecule has 0 unspecified atom stereocenters. The molecule has 0 saturated heterocycles. The summed E-state index contributed by atoms with van der Waals surface area (Å²) in [5.74, 6) is 4.22. The smallest absolute Gasteiger partial charge is 0.159 e. The number of hydrogen-bond acceptors (Lipinski definition) is 2. The molecule has 0 N–H and O–H groups in total. The van der Waals surface area contributed by atoms with E-state index in [0.717, 1.165) is 29.1 Å². The van der Waals surface area contributed by atoms with E-state index in [1.54, 1.807) is 0 Å². The number of aromatic nitrogens is 2. The lowest BCUT2D eigenvalue weighted by Crippen LogP contribution is -2.14. The molecule has 2 nitrogen and oxygen atoms in total. The molecule has 4 rings (SSSR count). The quantitative estimate of drug-likeness (QED) is 0.240. The van der Waals surface area contributed by atoms with E-state index in [4.69, 9.17) is 9.97 Å². The Morgan fingerprint density at radius 2 is 1.00 bits per heavy atom. The van der Waals surface area contributed by atoms with Crippen LogP contribution in [-0.2, 0) is 0 Å². The lowest BCUT2D eigenvalue weighted by molar-refractivity contribution is 0.301. The van der Waals surface area contributed by atoms with Crippen LogP contribution in [-0.4, -0.2) is 9.97 Å². The molecule has 0 atom stereocenters. The first-order chi connectivity index (χ1) is 18.3. The molecule has 2 saturated carbocycles. The average Bonchev–Trinajstić information content (AvgIpc) is 2.96. The van der Waals surface area contributed by atoms with Crippen molar-refractivity contribution in [3.63, 3.8) is 0 Å². The highest BCUT2D eigenvalue weighted by molar-refractivity contribution is 5.55. The Morgan fingerprint density at radius 1 is 0.541 bits per heavy atom. The molecule has 2 aliphatic carbocycles. The van der Waals surface area contributed by atoms with Crippen molar-refractivity contribution >= 4 is 0 Å². The van der Waals surface area contributed by atoms with E-state index >= 15 is 0 Å². The fourth-order valence-corrected chi connectivity index (χ4v) is 7.07. The van der Waals surface area contributed by atoms with E-state index in [1.807, 2.05) is 0 Å². The van der Waals surface area contributed by atoms with Gasteiger partial charge in [0.2, 0.25) is 0 Å². The van der Waals surface area contributed by atoms with Crippen molar-refractivity contribution in [3.05, 3.63) is 47.8 Å². The van der Waals surface area contributed by atoms with Gasteiger partial charge in [-0.05, 0) is 86.2 Å². The van der Waals surface area contributed by atoms with Crippen LogP contribution in [0.1, 0.15) is 159 Å². The molecule has 2 fully saturated rings. The molecule has 1 heterocycles. The first-order valence-corrected chi connectivity index (χ1v) is 16.2. The molecule has 2 aromatic rings. The van der Waals surface area contributed by atoms with Crippen molar-refractivity contribution in [2.45, 2.75) is 148 Å². The Morgan fingerprint density at radius 3 is 1.51 bits per heavy atom. The third-order valence-electron chi connectivity index (χ3n) is 9.66. The van der Waals surface area contributed by atoms with Gasteiger partial charge in [-0.2, -0.15) is 0 Å². The zero-order valence-electron chi connectivity index (χ0n) is 24.1. The summed E-state index contributed by atoms with van der Waals surface area (Å²) in [7, 11) is 0. The van der Waals surface area contributed by atoms with Crippen molar-refractivity contribution in [2.24, 2.45) is 11.8 Å². The van der Waals surface area contributed by atoms with Crippen molar-refractivity contribution in [3.8, 4) is 11.4 Å². The van der Waals surface area contributed by atoms with Gasteiger partial charge in [0.1, 0.15) is 0 Å². The summed E-state index contributed by atoms with van der Waals surface area (Å²) >= 11 is 0. The molecule has 0 bridgehead atoms. The normalized spacial score (nSPS) is 24.3. The highest BCUT2D eigenvalue weighted by Gasteiger charge is 2.24. The molecule has 0 aliphatic heterocycles. The largest absolute Gasteiger partial charge is 0.236 e. The second-order valence-electron chi connectivity index (χ2n) is 12.4. The van der Waals surface area contributed by atoms with Gasteiger partial charge < -0.3 is 0 Å². The zero-order chi connectivity index (χ0) is 25.7. The molecule has 37 heavy (non-hydrogen) atoms. The Bertz CT molecular complexity index is 855. The first kappa shape index (κ1) is 28.3. The van der Waals surface area contributed by atoms with Crippen LogP contribution in [0, 0.1) is 11.8 Å². The van der Waals surface area contributed by atoms with Crippen LogP contribution in [0.15, 0.2) is 36.7 Å². The molecular weight excluding hydrogens is 448 g/mol. The van der Waals surface area contributed by atoms with Crippen LogP contribution in [0.4, 0.5) is 0 Å². The molecular formula is C35H54N2. The van der Waals surface area contributed by atoms with E-state index in [2.05, 4.69) is 50.5 Å². The van der Waals surface area contributed by atoms with Crippen LogP contribution in [0.25, 0.3) is 11.4 Å². The number of rotatable bonds is 14. The summed E-state index contributed by atoms with van der Waals surface area (Å²) in [4.78, 5) is 9.61. The molecule has 0 amide bonds. The molecule has 2 aliphatic rings. The predicted octanol–water partition coefficient (Wildman–Crippen LogP) is 11.0. The maximum absolute atomic E-state index is 4.80. The summed E-state index contributed by atoms with van der Waals surface area (Å²) in [6.45, 7) is 4.61. The minimum Gasteiger partial charge on any atom is -0.236 e. The molecule has 1 aromatic carbocycles. The standard InChI is InChI=1S/C35H54N2/c1-3-5-7-9-11-13-29-16-20-32(21-17-29)34-26-36-35(37-27-34)33-24-22-31(23-25-33)30-18-14-28(15-19-30)12-10-8-6-4-2/h22-30,32H,3-21H2,1-2H3. The van der Waals surface area contributed by atoms with Gasteiger partial charge in [0.05, 0.1) is 0 Å². The molecule has 0 spiro atoms. The van der Waals surface area contributed by atoms with E-state index in [9.17, 15) is 0 Å². The van der Waals surface area contributed by atoms with Crippen LogP contribution in [0.5, 0.6) is 0 Å². The summed E-state index contributed by atoms with van der Waals surface area (Å²) in [6, 6.07) is 9.21. The zero-order valence-corrected chi connectivity index (χ0v) is 24.1. The Hall–Kier alpha value is -1.70. The van der Waals surface area contributed by atoms with Gasteiger partial charge in [-0.1, -0.05) is 109 Å². The summed E-state index contributed by atoms with van der Waals surface area (Å²) in [5.41, 5.74) is 4.03. The predicted molar refractivity (Wildman–Crippen MR) is 159 cm³/mol. The van der Waals surface area contributed by atoms with Crippen molar-refractivity contribution < 1.29 is 0 Å². The van der Waals surface area contributed by atoms with Gasteiger partial charge in [0, 0.05) is 18.0 Å². The third-order valence-corrected chi connectivity index (χ3v) is 9.66. The van der Waals surface area contributed by atoms with Crippen LogP contribution < -0.4 is 0 Å². The van der Waals surface area contributed by atoms with Gasteiger partial charge >= 0.3 is 0 Å². The number of nitrogens with zero attached hydrogens (tertiary/aromatic N) is 2. The summed E-state index contributed by atoms with van der Waals surface area (Å²) < 4.78 is 0. The topological polar surface area (TPSA) is 25.8 Å². The fourth-order valence-electron chi connectivity index (χ4n) is 7.07. The van der Waals surface area contributed by atoms with Gasteiger partial charge in [-0.3, -0.25) is 0 Å². The molecule has 0 radical (unpaired) electrons. The number of benzene rings is 1. The maximum Gasteiger partial charge on any atom is 0.159 e. The second-order valence-corrected chi connectivity index (χ2v) is 12.4. The fraction of sp³-hybridized carbons (Fsp3) is 0.714. The number of unbranched alkanes of at least 4 members (excludes halogenated alkanes) is 7. The second kappa shape index (κ2) is 15.6. The lowest BCUT2D eigenvalue weighted by Gasteiger charge is -2.29. The molecule has 2 heteroatoms. The summed E-state index contributed by atoms with van der Waals surface area (Å²) in [6.07, 6.45) is 30.8. The Labute approximate surface area is 228 Å². The number of hydrogen-bond donors (Lipinski definition) is 0. The van der Waals surface area contributed by atoms with Crippen LogP contribution in [0.2, 0.25) is 0 Å². The van der Waals surface area contributed by atoms with Crippen molar-refractivity contribution in [2.75, 3.05) is 0 Å². The van der Waals surface area contributed by atoms with Crippen LogP contribution >= 0.6 is 0 Å². The Kier molecular flexibility index (Phi) is 12.0. The lowest BCUT2D eigenvalue weighted by atomic mass is 9.77. The van der Waals surface area contributed by atoms with E-state index in [1.165, 1.54) is 133 Å². The van der Waals surface area contributed by atoms with Gasteiger partial charge in [0.25, 0.3) is 0 Å². The molecule has 204 valence electrons. The third kappa shape index (κ3) is 8.93. The highest BCUT2D eigenvalue weighted by Crippen LogP contribution is 2.39.